The van der Waals surface area contributed by atoms with Gasteiger partial charge in [0, 0.05) is 13.0 Å². The average Bonchev–Trinajstić information content (AvgIpc) is 2.51. The Morgan fingerprint density at radius 1 is 1.36 bits per heavy atom. The summed E-state index contributed by atoms with van der Waals surface area (Å²) in [5.41, 5.74) is 0.184. The van der Waals surface area contributed by atoms with Gasteiger partial charge in [-0.05, 0) is 12.1 Å². The maximum atomic E-state index is 13.3. The van der Waals surface area contributed by atoms with Crippen LogP contribution in [0.25, 0.3) is 11.5 Å². The van der Waals surface area contributed by atoms with Gasteiger partial charge in [-0.2, -0.15) is 0 Å². The average molecular weight is 194 g/mol. The van der Waals surface area contributed by atoms with Crippen molar-refractivity contribution in [3.8, 4) is 17.2 Å². The third-order valence-corrected chi connectivity index (χ3v) is 1.71. The van der Waals surface area contributed by atoms with Crippen LogP contribution in [0.4, 0.5) is 4.39 Å². The van der Waals surface area contributed by atoms with E-state index in [-0.39, 0.29) is 17.2 Å². The van der Waals surface area contributed by atoms with Crippen molar-refractivity contribution in [2.24, 2.45) is 0 Å². The highest BCUT2D eigenvalue weighted by Gasteiger charge is 2.11. The first kappa shape index (κ1) is 8.68. The van der Waals surface area contributed by atoms with Gasteiger partial charge < -0.3 is 9.52 Å². The van der Waals surface area contributed by atoms with E-state index in [1.54, 1.807) is 6.92 Å². The largest absolute Gasteiger partial charge is 0.508 e. The fourth-order valence-electron chi connectivity index (χ4n) is 1.08. The highest BCUT2D eigenvalue weighted by atomic mass is 19.1. The van der Waals surface area contributed by atoms with Crippen molar-refractivity contribution in [2.45, 2.75) is 6.92 Å². The molecule has 5 heteroatoms. The molecule has 0 bridgehead atoms. The van der Waals surface area contributed by atoms with Crippen molar-refractivity contribution in [1.29, 1.82) is 0 Å². The Kier molecular flexibility index (Phi) is 1.92. The van der Waals surface area contributed by atoms with Crippen LogP contribution in [0.5, 0.6) is 5.75 Å². The van der Waals surface area contributed by atoms with Crippen LogP contribution in [0.3, 0.4) is 0 Å². The second kappa shape index (κ2) is 3.10. The van der Waals surface area contributed by atoms with Crippen LogP contribution in [-0.2, 0) is 0 Å². The van der Waals surface area contributed by atoms with Crippen molar-refractivity contribution in [3.63, 3.8) is 0 Å². The number of aryl methyl sites for hydroxylation is 1. The normalized spacial score (nSPS) is 10.4. The summed E-state index contributed by atoms with van der Waals surface area (Å²) in [4.78, 5) is 0. The quantitative estimate of drug-likeness (QED) is 0.753. The minimum atomic E-state index is -0.589. The first-order chi connectivity index (χ1) is 6.66. The molecule has 1 aromatic carbocycles. The molecule has 0 aliphatic rings. The molecule has 0 fully saturated rings. The summed E-state index contributed by atoms with van der Waals surface area (Å²) in [6.45, 7) is 1.62. The van der Waals surface area contributed by atoms with E-state index in [0.717, 1.165) is 6.07 Å². The van der Waals surface area contributed by atoms with Crippen molar-refractivity contribution in [3.05, 3.63) is 29.9 Å². The van der Waals surface area contributed by atoms with E-state index in [9.17, 15) is 4.39 Å². The summed E-state index contributed by atoms with van der Waals surface area (Å²) >= 11 is 0. The predicted octanol–water partition coefficient (Wildman–Crippen LogP) is 1.89. The standard InChI is InChI=1S/C9H7FN2O2/c1-5-11-12-9(14-5)7-3-2-6(13)4-8(7)10/h2-4,13H,1H3. The van der Waals surface area contributed by atoms with Crippen molar-refractivity contribution in [2.75, 3.05) is 0 Å². The molecule has 0 spiro atoms. The van der Waals surface area contributed by atoms with Crippen LogP contribution >= 0.6 is 0 Å². The first-order valence-corrected chi connectivity index (χ1v) is 3.96. The Morgan fingerprint density at radius 3 is 2.71 bits per heavy atom. The number of halogens is 1. The lowest BCUT2D eigenvalue weighted by Gasteiger charge is -1.97. The van der Waals surface area contributed by atoms with E-state index >= 15 is 0 Å². The third-order valence-electron chi connectivity index (χ3n) is 1.71. The fraction of sp³-hybridized carbons (Fsp3) is 0.111. The molecule has 14 heavy (non-hydrogen) atoms. The molecular formula is C9H7FN2O2. The molecule has 0 radical (unpaired) electrons. The molecule has 4 nitrogen and oxygen atoms in total. The molecule has 0 amide bonds. The van der Waals surface area contributed by atoms with Crippen molar-refractivity contribution < 1.29 is 13.9 Å². The summed E-state index contributed by atoms with van der Waals surface area (Å²) in [5.74, 6) is -0.247. The van der Waals surface area contributed by atoms with Gasteiger partial charge in [-0.1, -0.05) is 0 Å². The lowest BCUT2D eigenvalue weighted by atomic mass is 10.2. The summed E-state index contributed by atoms with van der Waals surface area (Å²) in [6.07, 6.45) is 0. The molecule has 0 unspecified atom stereocenters. The lowest BCUT2D eigenvalue weighted by Crippen LogP contribution is -1.83. The molecule has 1 N–H and O–H groups in total. The number of hydrogen-bond donors (Lipinski definition) is 1. The second-order valence-electron chi connectivity index (χ2n) is 2.79. The van der Waals surface area contributed by atoms with Gasteiger partial charge in [-0.3, -0.25) is 0 Å². The zero-order valence-electron chi connectivity index (χ0n) is 7.36. The van der Waals surface area contributed by atoms with E-state index in [0.29, 0.717) is 5.89 Å². The Bertz CT molecular complexity index is 468. The Labute approximate surface area is 79.0 Å². The van der Waals surface area contributed by atoms with Crippen molar-refractivity contribution in [1.82, 2.24) is 10.2 Å². The number of phenols is 1. The maximum Gasteiger partial charge on any atom is 0.250 e. The van der Waals surface area contributed by atoms with Gasteiger partial charge in [-0.15, -0.1) is 10.2 Å². The topological polar surface area (TPSA) is 59.2 Å². The molecule has 1 heterocycles. The molecule has 0 saturated carbocycles. The molecule has 0 aliphatic heterocycles. The van der Waals surface area contributed by atoms with Gasteiger partial charge in [0.2, 0.25) is 5.89 Å². The Balaban J connectivity index is 2.52. The number of aromatic nitrogens is 2. The summed E-state index contributed by atoms with van der Waals surface area (Å²) in [7, 11) is 0. The maximum absolute atomic E-state index is 13.3. The Hall–Kier alpha value is -1.91. The number of benzene rings is 1. The Morgan fingerprint density at radius 2 is 2.14 bits per heavy atom. The minimum absolute atomic E-state index is 0.111. The fourth-order valence-corrected chi connectivity index (χ4v) is 1.08. The SMILES string of the molecule is Cc1nnc(-c2ccc(O)cc2F)o1. The highest BCUT2D eigenvalue weighted by molar-refractivity contribution is 5.55. The van der Waals surface area contributed by atoms with Crippen LogP contribution in [0.2, 0.25) is 0 Å². The molecule has 0 atom stereocenters. The van der Waals surface area contributed by atoms with Crippen LogP contribution in [0.1, 0.15) is 5.89 Å². The van der Waals surface area contributed by atoms with Gasteiger partial charge in [0.1, 0.15) is 11.6 Å². The van der Waals surface area contributed by atoms with Crippen molar-refractivity contribution >= 4 is 0 Å². The van der Waals surface area contributed by atoms with Gasteiger partial charge in [0.15, 0.2) is 0 Å². The number of phenolic OH excluding ortho intramolecular Hbond substituents is 1. The van der Waals surface area contributed by atoms with E-state index < -0.39 is 5.82 Å². The molecule has 0 aliphatic carbocycles. The third kappa shape index (κ3) is 1.44. The van der Waals surface area contributed by atoms with E-state index in [1.165, 1.54) is 12.1 Å². The number of hydrogen-bond acceptors (Lipinski definition) is 4. The molecule has 2 rings (SSSR count). The monoisotopic (exact) mass is 194 g/mol. The number of rotatable bonds is 1. The van der Waals surface area contributed by atoms with E-state index in [1.807, 2.05) is 0 Å². The predicted molar refractivity (Wildman–Crippen MR) is 46.1 cm³/mol. The summed E-state index contributed by atoms with van der Waals surface area (Å²) in [5, 5.41) is 16.2. The van der Waals surface area contributed by atoms with Crippen LogP contribution in [-0.4, -0.2) is 15.3 Å². The summed E-state index contributed by atoms with van der Waals surface area (Å²) in [6, 6.07) is 3.74. The van der Waals surface area contributed by atoms with Gasteiger partial charge in [0.25, 0.3) is 5.89 Å². The zero-order valence-corrected chi connectivity index (χ0v) is 7.36. The second-order valence-corrected chi connectivity index (χ2v) is 2.79. The molecule has 1 aromatic heterocycles. The summed E-state index contributed by atoms with van der Waals surface area (Å²) < 4.78 is 18.3. The highest BCUT2D eigenvalue weighted by Crippen LogP contribution is 2.24. The zero-order chi connectivity index (χ0) is 10.1. The van der Waals surface area contributed by atoms with E-state index in [2.05, 4.69) is 10.2 Å². The molecular weight excluding hydrogens is 187 g/mol. The molecule has 0 saturated heterocycles. The van der Waals surface area contributed by atoms with Crippen LogP contribution in [0.15, 0.2) is 22.6 Å². The van der Waals surface area contributed by atoms with Crippen LogP contribution < -0.4 is 0 Å². The van der Waals surface area contributed by atoms with Gasteiger partial charge >= 0.3 is 0 Å². The van der Waals surface area contributed by atoms with E-state index in [4.69, 9.17) is 9.52 Å². The number of nitrogens with zero attached hydrogens (tertiary/aromatic N) is 2. The number of aromatic hydroxyl groups is 1. The van der Waals surface area contributed by atoms with Gasteiger partial charge in [0.05, 0.1) is 5.56 Å². The lowest BCUT2D eigenvalue weighted by molar-refractivity contribution is 0.468. The first-order valence-electron chi connectivity index (χ1n) is 3.96. The molecule has 72 valence electrons. The van der Waals surface area contributed by atoms with Crippen LogP contribution in [0, 0.1) is 12.7 Å². The molecule has 2 aromatic rings. The minimum Gasteiger partial charge on any atom is -0.508 e. The smallest absolute Gasteiger partial charge is 0.250 e. The van der Waals surface area contributed by atoms with Gasteiger partial charge in [-0.25, -0.2) is 4.39 Å².